The van der Waals surface area contributed by atoms with E-state index >= 15 is 0 Å². The Labute approximate surface area is 134 Å². The van der Waals surface area contributed by atoms with Crippen LogP contribution in [0.25, 0.3) is 0 Å². The number of nitrogens with one attached hydrogen (secondary N) is 3. The van der Waals surface area contributed by atoms with Crippen LogP contribution in [-0.4, -0.2) is 59.6 Å². The molecule has 0 aliphatic carbocycles. The number of urea groups is 1. The average molecular weight is 319 g/mol. The molecule has 1 unspecified atom stereocenters. The van der Waals surface area contributed by atoms with Gasteiger partial charge >= 0.3 is 6.03 Å². The van der Waals surface area contributed by atoms with Crippen molar-refractivity contribution in [2.45, 2.75) is 6.10 Å². The molecule has 0 aliphatic heterocycles. The lowest BCUT2D eigenvalue weighted by atomic mass is 10.3. The number of ether oxygens (including phenoxy) is 1. The number of likely N-dealkylation sites (N-methyl/N-ethyl adjacent to an activating group) is 1. The molecule has 2 amide bonds. The monoisotopic (exact) mass is 319 g/mol. The Hall–Kier alpha value is -2.58. The third-order valence-electron chi connectivity index (χ3n) is 2.89. The second-order valence-corrected chi connectivity index (χ2v) is 5.32. The van der Waals surface area contributed by atoms with Crippen LogP contribution in [-0.2, 0) is 0 Å². The van der Waals surface area contributed by atoms with E-state index in [1.165, 1.54) is 6.20 Å². The lowest BCUT2D eigenvalue weighted by Crippen LogP contribution is -2.30. The lowest BCUT2D eigenvalue weighted by molar-refractivity contribution is 0.0831. The van der Waals surface area contributed by atoms with E-state index in [0.717, 1.165) is 0 Å². The smallest absolute Gasteiger partial charge is 0.323 e. The van der Waals surface area contributed by atoms with Crippen LogP contribution >= 0.6 is 0 Å². The molecule has 0 radical (unpaired) electrons. The summed E-state index contributed by atoms with van der Waals surface area (Å²) in [7, 11) is 3.77. The summed E-state index contributed by atoms with van der Waals surface area (Å²) in [5.41, 5.74) is 1.21. The first-order valence-electron chi connectivity index (χ1n) is 7.15. The molecule has 0 saturated carbocycles. The van der Waals surface area contributed by atoms with Crippen molar-refractivity contribution in [3.63, 3.8) is 0 Å². The van der Waals surface area contributed by atoms with Gasteiger partial charge in [0.2, 0.25) is 0 Å². The Morgan fingerprint density at radius 3 is 2.61 bits per heavy atom. The predicted octanol–water partition coefficient (Wildman–Crippen LogP) is 1.35. The highest BCUT2D eigenvalue weighted by Crippen LogP contribution is 2.16. The van der Waals surface area contributed by atoms with E-state index in [2.05, 4.69) is 20.8 Å². The number of benzene rings is 1. The summed E-state index contributed by atoms with van der Waals surface area (Å²) >= 11 is 0. The second kappa shape index (κ2) is 8.16. The molecule has 23 heavy (non-hydrogen) atoms. The van der Waals surface area contributed by atoms with Gasteiger partial charge in [0, 0.05) is 18.4 Å². The molecule has 0 spiro atoms. The van der Waals surface area contributed by atoms with Gasteiger partial charge in [0.1, 0.15) is 18.5 Å². The van der Waals surface area contributed by atoms with Gasteiger partial charge < -0.3 is 25.4 Å². The largest absolute Gasteiger partial charge is 0.491 e. The highest BCUT2D eigenvalue weighted by molar-refractivity contribution is 5.99. The van der Waals surface area contributed by atoms with Crippen molar-refractivity contribution in [1.29, 1.82) is 0 Å². The van der Waals surface area contributed by atoms with E-state index in [1.807, 2.05) is 19.0 Å². The number of aliphatic hydroxyl groups is 1. The Morgan fingerprint density at radius 1 is 1.30 bits per heavy atom. The molecule has 0 aliphatic rings. The van der Waals surface area contributed by atoms with Crippen molar-refractivity contribution in [2.24, 2.45) is 0 Å². The fourth-order valence-electron chi connectivity index (χ4n) is 1.91. The van der Waals surface area contributed by atoms with Gasteiger partial charge in [-0.15, -0.1) is 0 Å². The predicted molar refractivity (Wildman–Crippen MR) is 87.7 cm³/mol. The first kappa shape index (κ1) is 16.8. The van der Waals surface area contributed by atoms with Gasteiger partial charge in [0.15, 0.2) is 0 Å². The molecule has 8 heteroatoms. The average Bonchev–Trinajstić information content (AvgIpc) is 2.98. The number of aromatic amines is 1. The Balaban J connectivity index is 1.78. The maximum Gasteiger partial charge on any atom is 0.323 e. The molecule has 0 bridgehead atoms. The van der Waals surface area contributed by atoms with Crippen LogP contribution in [0.5, 0.6) is 5.75 Å². The van der Waals surface area contributed by atoms with Crippen LogP contribution < -0.4 is 15.4 Å². The van der Waals surface area contributed by atoms with Crippen molar-refractivity contribution in [2.75, 3.05) is 37.9 Å². The van der Waals surface area contributed by atoms with Crippen molar-refractivity contribution in [3.05, 3.63) is 36.7 Å². The summed E-state index contributed by atoms with van der Waals surface area (Å²) in [5, 5.41) is 21.4. The quantitative estimate of drug-likeness (QED) is 0.617. The van der Waals surface area contributed by atoms with Crippen molar-refractivity contribution in [1.82, 2.24) is 15.1 Å². The number of hydrogen-bond donors (Lipinski definition) is 4. The normalized spacial score (nSPS) is 12.0. The second-order valence-electron chi connectivity index (χ2n) is 5.32. The molecule has 8 nitrogen and oxygen atoms in total. The van der Waals surface area contributed by atoms with Crippen molar-refractivity contribution in [3.8, 4) is 5.75 Å². The van der Waals surface area contributed by atoms with Gasteiger partial charge in [-0.2, -0.15) is 5.10 Å². The highest BCUT2D eigenvalue weighted by Gasteiger charge is 2.07. The SMILES string of the molecule is CN(C)CC(O)COc1ccc(NC(=O)Nc2cn[nH]c2)cc1. The maximum absolute atomic E-state index is 11.7. The van der Waals surface area contributed by atoms with Gasteiger partial charge in [-0.25, -0.2) is 4.79 Å². The minimum Gasteiger partial charge on any atom is -0.491 e. The zero-order valence-corrected chi connectivity index (χ0v) is 13.1. The molecule has 1 aromatic carbocycles. The Bertz CT molecular complexity index is 598. The summed E-state index contributed by atoms with van der Waals surface area (Å²) < 4.78 is 5.50. The number of hydrogen-bond acceptors (Lipinski definition) is 5. The molecular weight excluding hydrogens is 298 g/mol. The number of carbonyl (C=O) groups excluding carboxylic acids is 1. The summed E-state index contributed by atoms with van der Waals surface area (Å²) in [6, 6.07) is 6.55. The first-order chi connectivity index (χ1) is 11.0. The van der Waals surface area contributed by atoms with Gasteiger partial charge in [-0.3, -0.25) is 5.10 Å². The minimum atomic E-state index is -0.552. The number of nitrogens with zero attached hydrogens (tertiary/aromatic N) is 2. The van der Waals surface area contributed by atoms with Gasteiger partial charge in [-0.05, 0) is 38.4 Å². The van der Waals surface area contributed by atoms with Crippen molar-refractivity contribution >= 4 is 17.4 Å². The van der Waals surface area contributed by atoms with Gasteiger partial charge in [0.05, 0.1) is 11.9 Å². The maximum atomic E-state index is 11.7. The molecule has 4 N–H and O–H groups in total. The van der Waals surface area contributed by atoms with Crippen LogP contribution in [0.3, 0.4) is 0 Å². The Morgan fingerprint density at radius 2 is 2.00 bits per heavy atom. The van der Waals surface area contributed by atoms with Crippen LogP contribution in [0.4, 0.5) is 16.2 Å². The van der Waals surface area contributed by atoms with Gasteiger partial charge in [0.25, 0.3) is 0 Å². The fraction of sp³-hybridized carbons (Fsp3) is 0.333. The van der Waals surface area contributed by atoms with Crippen LogP contribution in [0, 0.1) is 0 Å². The van der Waals surface area contributed by atoms with E-state index in [4.69, 9.17) is 4.74 Å². The van der Waals surface area contributed by atoms with E-state index in [0.29, 0.717) is 23.7 Å². The molecule has 0 fully saturated rings. The zero-order valence-electron chi connectivity index (χ0n) is 13.1. The number of anilines is 2. The highest BCUT2D eigenvalue weighted by atomic mass is 16.5. The van der Waals surface area contributed by atoms with Gasteiger partial charge in [-0.1, -0.05) is 0 Å². The number of aromatic nitrogens is 2. The van der Waals surface area contributed by atoms with E-state index in [9.17, 15) is 9.90 Å². The molecule has 1 aromatic heterocycles. The molecule has 124 valence electrons. The number of rotatable bonds is 7. The molecule has 1 atom stereocenters. The fourth-order valence-corrected chi connectivity index (χ4v) is 1.91. The minimum absolute atomic E-state index is 0.214. The third-order valence-corrected chi connectivity index (χ3v) is 2.89. The summed E-state index contributed by atoms with van der Waals surface area (Å²) in [6.07, 6.45) is 2.54. The number of carbonyl (C=O) groups is 1. The topological polar surface area (TPSA) is 103 Å². The summed E-state index contributed by atoms with van der Waals surface area (Å²) in [5.74, 6) is 0.628. The molecule has 0 saturated heterocycles. The number of amides is 2. The van der Waals surface area contributed by atoms with Crippen molar-refractivity contribution < 1.29 is 14.6 Å². The first-order valence-corrected chi connectivity index (χ1v) is 7.15. The van der Waals surface area contributed by atoms with Crippen LogP contribution in [0.1, 0.15) is 0 Å². The summed E-state index contributed by atoms with van der Waals surface area (Å²) in [4.78, 5) is 13.6. The van der Waals surface area contributed by atoms with E-state index in [-0.39, 0.29) is 12.6 Å². The van der Waals surface area contributed by atoms with E-state index in [1.54, 1.807) is 30.5 Å². The molecule has 1 heterocycles. The number of H-pyrrole nitrogens is 1. The van der Waals surface area contributed by atoms with Crippen LogP contribution in [0.15, 0.2) is 36.7 Å². The molecule has 2 rings (SSSR count). The van der Waals surface area contributed by atoms with E-state index < -0.39 is 6.10 Å². The number of aliphatic hydroxyl groups excluding tert-OH is 1. The zero-order chi connectivity index (χ0) is 16.7. The standard InChI is InChI=1S/C15H21N5O3/c1-20(2)9-13(21)10-23-14-5-3-11(4-6-14)18-15(22)19-12-7-16-17-8-12/h3-8,13,21H,9-10H2,1-2H3,(H,16,17)(H2,18,19,22). The molecule has 2 aromatic rings. The lowest BCUT2D eigenvalue weighted by Gasteiger charge is -2.16. The Kier molecular flexibility index (Phi) is 5.95. The summed E-state index contributed by atoms with van der Waals surface area (Å²) in [6.45, 7) is 0.750. The van der Waals surface area contributed by atoms with Crippen LogP contribution in [0.2, 0.25) is 0 Å². The molecular formula is C15H21N5O3. The third kappa shape index (κ3) is 5.97.